The van der Waals surface area contributed by atoms with Gasteiger partial charge in [-0.15, -0.1) is 0 Å². The fraction of sp³-hybridized carbons (Fsp3) is 0.286. The molecule has 2 N–H and O–H groups in total. The second-order valence-corrected chi connectivity index (χ2v) is 6.90. The van der Waals surface area contributed by atoms with E-state index >= 15 is 0 Å². The maximum Gasteiger partial charge on any atom is 0.244 e. The number of hydrogen-bond donors (Lipinski definition) is 2. The van der Waals surface area contributed by atoms with Crippen molar-refractivity contribution >= 4 is 29.0 Å². The molecule has 3 heterocycles. The summed E-state index contributed by atoms with van der Waals surface area (Å²) in [6, 6.07) is 13.3. The van der Waals surface area contributed by atoms with Gasteiger partial charge in [0.15, 0.2) is 0 Å². The smallest absolute Gasteiger partial charge is 0.244 e. The average molecular weight is 392 g/mol. The molecule has 1 amide bonds. The van der Waals surface area contributed by atoms with Crippen molar-refractivity contribution in [3.63, 3.8) is 0 Å². The Hall–Kier alpha value is -3.39. The van der Waals surface area contributed by atoms with E-state index in [2.05, 4.69) is 25.5 Å². The van der Waals surface area contributed by atoms with Gasteiger partial charge in [-0.3, -0.25) is 4.79 Å². The van der Waals surface area contributed by atoms with Gasteiger partial charge >= 0.3 is 0 Å². The van der Waals surface area contributed by atoms with Crippen LogP contribution in [0.25, 0.3) is 0 Å². The summed E-state index contributed by atoms with van der Waals surface area (Å²) in [5.74, 6) is 1.39. The van der Waals surface area contributed by atoms with Gasteiger partial charge in [0.2, 0.25) is 11.9 Å². The number of morpholine rings is 1. The zero-order valence-electron chi connectivity index (χ0n) is 16.3. The average Bonchev–Trinajstić information content (AvgIpc) is 3.22. The van der Waals surface area contributed by atoms with Gasteiger partial charge in [-0.25, -0.2) is 4.98 Å². The fourth-order valence-electron chi connectivity index (χ4n) is 3.15. The summed E-state index contributed by atoms with van der Waals surface area (Å²) in [5, 5.41) is 6.22. The molecule has 1 fully saturated rings. The van der Waals surface area contributed by atoms with Crippen molar-refractivity contribution in [2.24, 2.45) is 0 Å². The number of ether oxygens (including phenoxy) is 1. The molecule has 1 saturated heterocycles. The van der Waals surface area contributed by atoms with Crippen LogP contribution in [0.3, 0.4) is 0 Å². The highest BCUT2D eigenvalue weighted by atomic mass is 16.5. The van der Waals surface area contributed by atoms with Crippen molar-refractivity contribution in [3.05, 3.63) is 60.6 Å². The lowest BCUT2D eigenvalue weighted by Gasteiger charge is -2.27. The molecule has 0 unspecified atom stereocenters. The summed E-state index contributed by atoms with van der Waals surface area (Å²) < 4.78 is 7.23. The van der Waals surface area contributed by atoms with Crippen molar-refractivity contribution in [1.82, 2.24) is 14.5 Å². The second-order valence-electron chi connectivity index (χ2n) is 6.90. The summed E-state index contributed by atoms with van der Waals surface area (Å²) in [4.78, 5) is 23.4. The number of anilines is 4. The molecule has 1 aromatic carbocycles. The number of hydrogen-bond acceptors (Lipinski definition) is 6. The van der Waals surface area contributed by atoms with Crippen molar-refractivity contribution in [2.45, 2.75) is 13.5 Å². The molecule has 8 heteroatoms. The van der Waals surface area contributed by atoms with E-state index in [1.165, 1.54) is 0 Å². The number of carbonyl (C=O) groups is 1. The molecule has 3 aromatic rings. The van der Waals surface area contributed by atoms with Crippen LogP contribution in [0.15, 0.2) is 54.9 Å². The Labute approximate surface area is 169 Å². The predicted molar refractivity (Wildman–Crippen MR) is 113 cm³/mol. The minimum Gasteiger partial charge on any atom is -0.378 e. The normalized spacial score (nSPS) is 13.9. The van der Waals surface area contributed by atoms with Crippen LogP contribution in [0.2, 0.25) is 0 Å². The largest absolute Gasteiger partial charge is 0.378 e. The monoisotopic (exact) mass is 392 g/mol. The molecular weight excluding hydrogens is 368 g/mol. The van der Waals surface area contributed by atoms with Crippen LogP contribution >= 0.6 is 0 Å². The Bertz CT molecular complexity index is 950. The number of aromatic nitrogens is 3. The lowest BCUT2D eigenvalue weighted by Crippen LogP contribution is -2.37. The van der Waals surface area contributed by atoms with Crippen LogP contribution < -0.4 is 15.5 Å². The number of nitrogens with one attached hydrogen (secondary N) is 2. The number of nitrogens with zero attached hydrogens (tertiary/aromatic N) is 4. The van der Waals surface area contributed by atoms with Crippen LogP contribution in [0.1, 0.15) is 5.69 Å². The Morgan fingerprint density at radius 2 is 1.76 bits per heavy atom. The molecular formula is C21H24N6O2. The molecule has 0 saturated carbocycles. The van der Waals surface area contributed by atoms with Gasteiger partial charge in [0, 0.05) is 48.6 Å². The van der Waals surface area contributed by atoms with Crippen molar-refractivity contribution in [1.29, 1.82) is 0 Å². The van der Waals surface area contributed by atoms with Crippen LogP contribution in [0.5, 0.6) is 0 Å². The first-order valence-electron chi connectivity index (χ1n) is 9.62. The molecule has 0 aliphatic carbocycles. The van der Waals surface area contributed by atoms with Crippen molar-refractivity contribution in [3.8, 4) is 0 Å². The third-order valence-electron chi connectivity index (χ3n) is 4.57. The summed E-state index contributed by atoms with van der Waals surface area (Å²) in [5.41, 5.74) is 2.54. The predicted octanol–water partition coefficient (Wildman–Crippen LogP) is 2.81. The minimum atomic E-state index is -0.0662. The topological polar surface area (TPSA) is 84.3 Å². The molecule has 2 aromatic heterocycles. The highest BCUT2D eigenvalue weighted by molar-refractivity contribution is 5.90. The Balaban J connectivity index is 1.39. The highest BCUT2D eigenvalue weighted by Gasteiger charge is 2.15. The first kappa shape index (κ1) is 18.9. The number of benzene rings is 1. The molecule has 8 nitrogen and oxygen atoms in total. The van der Waals surface area contributed by atoms with E-state index in [0.29, 0.717) is 19.2 Å². The molecule has 0 radical (unpaired) electrons. The molecule has 1 aliphatic rings. The maximum atomic E-state index is 12.1. The van der Waals surface area contributed by atoms with Crippen LogP contribution in [0.4, 0.5) is 23.1 Å². The molecule has 150 valence electrons. The Morgan fingerprint density at radius 1 is 1.07 bits per heavy atom. The van der Waals surface area contributed by atoms with Crippen LogP contribution in [-0.4, -0.2) is 46.7 Å². The number of rotatable bonds is 6. The third kappa shape index (κ3) is 5.11. The maximum absolute atomic E-state index is 12.1. The second kappa shape index (κ2) is 8.74. The van der Waals surface area contributed by atoms with E-state index in [1.807, 2.05) is 66.3 Å². The zero-order chi connectivity index (χ0) is 20.1. The lowest BCUT2D eigenvalue weighted by atomic mass is 10.2. The molecule has 0 spiro atoms. The van der Waals surface area contributed by atoms with Gasteiger partial charge < -0.3 is 24.8 Å². The standard InChI is InChI=1S/C21H24N6O2/c1-16-14-19(25-21(22-16)27-10-12-29-13-11-27)23-17-4-6-18(7-5-17)24-20(28)15-26-8-2-3-9-26/h2-9,14H,10-13,15H2,1H3,(H,24,28)(H,22,23,25). The molecule has 1 aliphatic heterocycles. The quantitative estimate of drug-likeness (QED) is 0.671. The fourth-order valence-corrected chi connectivity index (χ4v) is 3.15. The minimum absolute atomic E-state index is 0.0662. The Morgan fingerprint density at radius 3 is 2.48 bits per heavy atom. The molecule has 0 atom stereocenters. The first-order valence-corrected chi connectivity index (χ1v) is 9.62. The number of aryl methyl sites for hydroxylation is 1. The molecule has 4 rings (SSSR count). The van der Waals surface area contributed by atoms with E-state index in [4.69, 9.17) is 4.74 Å². The SMILES string of the molecule is Cc1cc(Nc2ccc(NC(=O)Cn3cccc3)cc2)nc(N2CCOCC2)n1. The van der Waals surface area contributed by atoms with Gasteiger partial charge in [0.1, 0.15) is 12.4 Å². The van der Waals surface area contributed by atoms with Crippen molar-refractivity contribution in [2.75, 3.05) is 41.8 Å². The van der Waals surface area contributed by atoms with Gasteiger partial charge in [-0.05, 0) is 43.3 Å². The summed E-state index contributed by atoms with van der Waals surface area (Å²) >= 11 is 0. The van der Waals surface area contributed by atoms with Crippen molar-refractivity contribution < 1.29 is 9.53 Å². The molecule has 29 heavy (non-hydrogen) atoms. The van der Waals surface area contributed by atoms with Gasteiger partial charge in [0.05, 0.1) is 13.2 Å². The van der Waals surface area contributed by atoms with Crippen LogP contribution in [-0.2, 0) is 16.1 Å². The summed E-state index contributed by atoms with van der Waals surface area (Å²) in [6.45, 7) is 5.22. The molecule has 0 bridgehead atoms. The Kier molecular flexibility index (Phi) is 5.71. The third-order valence-corrected chi connectivity index (χ3v) is 4.57. The number of amides is 1. The van der Waals surface area contributed by atoms with Crippen LogP contribution in [0, 0.1) is 6.92 Å². The van der Waals surface area contributed by atoms with E-state index in [1.54, 1.807) is 0 Å². The van der Waals surface area contributed by atoms with E-state index in [9.17, 15) is 4.79 Å². The van der Waals surface area contributed by atoms with E-state index < -0.39 is 0 Å². The van der Waals surface area contributed by atoms with Gasteiger partial charge in [-0.1, -0.05) is 0 Å². The lowest BCUT2D eigenvalue weighted by molar-refractivity contribution is -0.116. The van der Waals surface area contributed by atoms with Gasteiger partial charge in [0.25, 0.3) is 0 Å². The summed E-state index contributed by atoms with van der Waals surface area (Å²) in [7, 11) is 0. The highest BCUT2D eigenvalue weighted by Crippen LogP contribution is 2.21. The summed E-state index contributed by atoms with van der Waals surface area (Å²) in [6.07, 6.45) is 3.73. The van der Waals surface area contributed by atoms with E-state index in [0.717, 1.165) is 36.0 Å². The zero-order valence-corrected chi connectivity index (χ0v) is 16.3. The van der Waals surface area contributed by atoms with E-state index in [-0.39, 0.29) is 12.5 Å². The van der Waals surface area contributed by atoms with Gasteiger partial charge in [-0.2, -0.15) is 4.98 Å². The first-order chi connectivity index (χ1) is 14.2. The number of carbonyl (C=O) groups excluding carboxylic acids is 1.